The first-order valence-electron chi connectivity index (χ1n) is 6.65. The largest absolute Gasteiger partial charge is 0.389 e. The van der Waals surface area contributed by atoms with Crippen molar-refractivity contribution in [2.75, 3.05) is 0 Å². The van der Waals surface area contributed by atoms with E-state index in [1.54, 1.807) is 19.1 Å². The molecule has 0 fully saturated rings. The average Bonchev–Trinajstić information content (AvgIpc) is 2.82. The lowest BCUT2D eigenvalue weighted by molar-refractivity contribution is 0.195. The Bertz CT molecular complexity index is 798. The number of aromatic nitrogens is 2. The van der Waals surface area contributed by atoms with Crippen molar-refractivity contribution in [2.45, 2.75) is 30.0 Å². The SMILES string of the molecule is Cc1ccc2nc(Sc3c(F)cccc3C(C)O)[nH]c2c1. The first-order valence-corrected chi connectivity index (χ1v) is 7.47. The minimum atomic E-state index is -0.727. The van der Waals surface area contributed by atoms with E-state index in [1.165, 1.54) is 17.8 Å². The van der Waals surface area contributed by atoms with Crippen molar-refractivity contribution in [1.29, 1.82) is 0 Å². The van der Waals surface area contributed by atoms with E-state index in [9.17, 15) is 9.50 Å². The molecule has 108 valence electrons. The maximum atomic E-state index is 14.0. The van der Waals surface area contributed by atoms with E-state index in [0.29, 0.717) is 15.6 Å². The van der Waals surface area contributed by atoms with Crippen LogP contribution >= 0.6 is 11.8 Å². The number of halogens is 1. The molecule has 2 N–H and O–H groups in total. The molecule has 1 unspecified atom stereocenters. The molecule has 0 amide bonds. The van der Waals surface area contributed by atoms with Crippen molar-refractivity contribution < 1.29 is 9.50 Å². The zero-order valence-corrected chi connectivity index (χ0v) is 12.5. The van der Waals surface area contributed by atoms with Gasteiger partial charge in [-0.3, -0.25) is 0 Å². The van der Waals surface area contributed by atoms with Crippen LogP contribution in [0.1, 0.15) is 24.2 Å². The highest BCUT2D eigenvalue weighted by molar-refractivity contribution is 7.99. The summed E-state index contributed by atoms with van der Waals surface area (Å²) in [4.78, 5) is 8.04. The van der Waals surface area contributed by atoms with Gasteiger partial charge in [0.1, 0.15) is 5.82 Å². The lowest BCUT2D eigenvalue weighted by Crippen LogP contribution is -1.96. The number of imidazole rings is 1. The van der Waals surface area contributed by atoms with Gasteiger partial charge in [-0.15, -0.1) is 0 Å². The van der Waals surface area contributed by atoms with Crippen LogP contribution in [0.2, 0.25) is 0 Å². The van der Waals surface area contributed by atoms with Crippen molar-refractivity contribution in [3.05, 3.63) is 53.3 Å². The molecular weight excluding hydrogens is 287 g/mol. The van der Waals surface area contributed by atoms with Crippen molar-refractivity contribution in [1.82, 2.24) is 9.97 Å². The van der Waals surface area contributed by atoms with Gasteiger partial charge in [0.15, 0.2) is 5.16 Å². The third kappa shape index (κ3) is 2.80. The van der Waals surface area contributed by atoms with Gasteiger partial charge in [0.25, 0.3) is 0 Å². The number of nitrogens with one attached hydrogen (secondary N) is 1. The first-order chi connectivity index (χ1) is 10.0. The Balaban J connectivity index is 2.02. The predicted octanol–water partition coefficient (Wildman–Crippen LogP) is 4.21. The second-order valence-corrected chi connectivity index (χ2v) is 6.00. The molecular formula is C16H15FN2OS. The lowest BCUT2D eigenvalue weighted by Gasteiger charge is -2.11. The number of aryl methyl sites for hydroxylation is 1. The number of fused-ring (bicyclic) bond motifs is 1. The van der Waals surface area contributed by atoms with Crippen LogP contribution in [0.25, 0.3) is 11.0 Å². The van der Waals surface area contributed by atoms with Gasteiger partial charge in [-0.1, -0.05) is 18.2 Å². The van der Waals surface area contributed by atoms with Crippen LogP contribution in [-0.2, 0) is 0 Å². The Kier molecular flexibility index (Phi) is 3.69. The fourth-order valence-electron chi connectivity index (χ4n) is 2.21. The van der Waals surface area contributed by atoms with E-state index in [4.69, 9.17) is 0 Å². The number of aromatic amines is 1. The van der Waals surface area contributed by atoms with Crippen LogP contribution in [-0.4, -0.2) is 15.1 Å². The Hall–Kier alpha value is -1.85. The third-order valence-electron chi connectivity index (χ3n) is 3.26. The fourth-order valence-corrected chi connectivity index (χ4v) is 3.23. The van der Waals surface area contributed by atoms with Gasteiger partial charge in [0.05, 0.1) is 22.0 Å². The second-order valence-electron chi connectivity index (χ2n) is 5.00. The molecule has 0 aliphatic rings. The summed E-state index contributed by atoms with van der Waals surface area (Å²) in [6.45, 7) is 3.64. The van der Waals surface area contributed by atoms with Gasteiger partial charge in [-0.25, -0.2) is 9.37 Å². The van der Waals surface area contributed by atoms with E-state index in [1.807, 2.05) is 25.1 Å². The molecule has 2 aromatic carbocycles. The van der Waals surface area contributed by atoms with Gasteiger partial charge in [-0.05, 0) is 54.9 Å². The lowest BCUT2D eigenvalue weighted by atomic mass is 10.1. The summed E-state index contributed by atoms with van der Waals surface area (Å²) in [5.74, 6) is -0.352. The van der Waals surface area contributed by atoms with Crippen LogP contribution in [0.15, 0.2) is 46.5 Å². The number of rotatable bonds is 3. The van der Waals surface area contributed by atoms with E-state index in [-0.39, 0.29) is 5.82 Å². The average molecular weight is 302 g/mol. The van der Waals surface area contributed by atoms with Gasteiger partial charge < -0.3 is 10.1 Å². The fraction of sp³-hybridized carbons (Fsp3) is 0.188. The second kappa shape index (κ2) is 5.50. The van der Waals surface area contributed by atoms with Crippen LogP contribution < -0.4 is 0 Å². The molecule has 1 heterocycles. The first kappa shape index (κ1) is 14.1. The number of hydrogen-bond donors (Lipinski definition) is 2. The molecule has 21 heavy (non-hydrogen) atoms. The quantitative estimate of drug-likeness (QED) is 0.761. The molecule has 0 bridgehead atoms. The van der Waals surface area contributed by atoms with Crippen molar-refractivity contribution in [3.63, 3.8) is 0 Å². The molecule has 3 nitrogen and oxygen atoms in total. The molecule has 0 aliphatic carbocycles. The molecule has 0 radical (unpaired) electrons. The van der Waals surface area contributed by atoms with Gasteiger partial charge in [0, 0.05) is 0 Å². The van der Waals surface area contributed by atoms with Crippen molar-refractivity contribution in [2.24, 2.45) is 0 Å². The Morgan fingerprint density at radius 1 is 1.29 bits per heavy atom. The molecule has 5 heteroatoms. The number of benzene rings is 2. The molecule has 1 atom stereocenters. The molecule has 3 aromatic rings. The maximum absolute atomic E-state index is 14.0. The number of aliphatic hydroxyl groups excluding tert-OH is 1. The molecule has 0 saturated heterocycles. The summed E-state index contributed by atoms with van der Waals surface area (Å²) in [6, 6.07) is 10.6. The topological polar surface area (TPSA) is 48.9 Å². The third-order valence-corrected chi connectivity index (χ3v) is 4.28. The zero-order chi connectivity index (χ0) is 15.0. The van der Waals surface area contributed by atoms with E-state index >= 15 is 0 Å². The standard InChI is InChI=1S/C16H15FN2OS/c1-9-6-7-13-14(8-9)19-16(18-13)21-15-11(10(2)20)4-3-5-12(15)17/h3-8,10,20H,1-2H3,(H,18,19). The van der Waals surface area contributed by atoms with Gasteiger partial charge in [0.2, 0.25) is 0 Å². The number of aliphatic hydroxyl groups is 1. The summed E-state index contributed by atoms with van der Waals surface area (Å²) in [5.41, 5.74) is 3.47. The highest BCUT2D eigenvalue weighted by Gasteiger charge is 2.15. The van der Waals surface area contributed by atoms with Crippen LogP contribution in [0.5, 0.6) is 0 Å². The highest BCUT2D eigenvalue weighted by atomic mass is 32.2. The number of nitrogens with zero attached hydrogens (tertiary/aromatic N) is 1. The van der Waals surface area contributed by atoms with E-state index in [2.05, 4.69) is 9.97 Å². The predicted molar refractivity (Wildman–Crippen MR) is 82.0 cm³/mol. The Labute approximate surface area is 126 Å². The molecule has 1 aromatic heterocycles. The molecule has 0 spiro atoms. The van der Waals surface area contributed by atoms with E-state index < -0.39 is 6.10 Å². The number of H-pyrrole nitrogens is 1. The minimum Gasteiger partial charge on any atom is -0.389 e. The number of hydrogen-bond acceptors (Lipinski definition) is 3. The normalized spacial score (nSPS) is 12.8. The summed E-state index contributed by atoms with van der Waals surface area (Å²) in [7, 11) is 0. The zero-order valence-electron chi connectivity index (χ0n) is 11.7. The van der Waals surface area contributed by atoms with Crippen LogP contribution in [0.3, 0.4) is 0 Å². The summed E-state index contributed by atoms with van der Waals surface area (Å²) in [6.07, 6.45) is -0.727. The summed E-state index contributed by atoms with van der Waals surface area (Å²) in [5, 5.41) is 10.4. The molecule has 3 rings (SSSR count). The van der Waals surface area contributed by atoms with Crippen LogP contribution in [0, 0.1) is 12.7 Å². The monoisotopic (exact) mass is 302 g/mol. The van der Waals surface area contributed by atoms with Gasteiger partial charge >= 0.3 is 0 Å². The smallest absolute Gasteiger partial charge is 0.171 e. The minimum absolute atomic E-state index is 0.352. The Morgan fingerprint density at radius 2 is 2.10 bits per heavy atom. The maximum Gasteiger partial charge on any atom is 0.171 e. The summed E-state index contributed by atoms with van der Waals surface area (Å²) >= 11 is 1.20. The van der Waals surface area contributed by atoms with Crippen molar-refractivity contribution in [3.8, 4) is 0 Å². The molecule has 0 saturated carbocycles. The summed E-state index contributed by atoms with van der Waals surface area (Å²) < 4.78 is 14.0. The van der Waals surface area contributed by atoms with Crippen molar-refractivity contribution >= 4 is 22.8 Å². The van der Waals surface area contributed by atoms with Crippen LogP contribution in [0.4, 0.5) is 4.39 Å². The van der Waals surface area contributed by atoms with Gasteiger partial charge in [-0.2, -0.15) is 0 Å². The molecule has 0 aliphatic heterocycles. The van der Waals surface area contributed by atoms with E-state index in [0.717, 1.165) is 16.6 Å². The Morgan fingerprint density at radius 3 is 2.86 bits per heavy atom. The highest BCUT2D eigenvalue weighted by Crippen LogP contribution is 2.34.